The van der Waals surface area contributed by atoms with Crippen molar-refractivity contribution < 1.29 is 9.21 Å². The summed E-state index contributed by atoms with van der Waals surface area (Å²) >= 11 is 1.57. The molecule has 4 heterocycles. The Labute approximate surface area is 196 Å². The Morgan fingerprint density at radius 1 is 0.941 bits per heavy atom. The number of hydrogen-bond acceptors (Lipinski definition) is 7. The summed E-state index contributed by atoms with van der Waals surface area (Å²) in [6.07, 6.45) is 0. The molecule has 1 amide bonds. The van der Waals surface area contributed by atoms with Crippen molar-refractivity contribution in [3.63, 3.8) is 0 Å². The Kier molecular flexibility index (Phi) is 4.74. The number of hydrogen-bond donors (Lipinski definition) is 1. The van der Waals surface area contributed by atoms with E-state index in [2.05, 4.69) is 15.5 Å². The lowest BCUT2D eigenvalue weighted by molar-refractivity contribution is 0.102. The van der Waals surface area contributed by atoms with Crippen LogP contribution in [0.4, 0.5) is 5.69 Å². The van der Waals surface area contributed by atoms with Crippen molar-refractivity contribution in [2.45, 2.75) is 0 Å². The SMILES string of the molecule is O=C(Nc1ccc(-c2ccc3nnc(-c4cccs4)n3n2)cc1)c1cc2ccccc2oc1=O. The summed E-state index contributed by atoms with van der Waals surface area (Å²) in [5.74, 6) is 0.154. The van der Waals surface area contributed by atoms with E-state index in [4.69, 9.17) is 9.52 Å². The number of thiophene rings is 1. The fraction of sp³-hybridized carbons (Fsp3) is 0. The van der Waals surface area contributed by atoms with Crippen LogP contribution in [0.5, 0.6) is 0 Å². The van der Waals surface area contributed by atoms with Crippen molar-refractivity contribution in [3.05, 3.63) is 100 Å². The molecule has 9 heteroatoms. The minimum absolute atomic E-state index is 0.0522. The number of nitrogens with one attached hydrogen (secondary N) is 1. The molecule has 164 valence electrons. The first-order valence-electron chi connectivity index (χ1n) is 10.4. The largest absolute Gasteiger partial charge is 0.422 e. The van der Waals surface area contributed by atoms with Gasteiger partial charge in [0.2, 0.25) is 0 Å². The molecule has 6 rings (SSSR count). The van der Waals surface area contributed by atoms with Crippen molar-refractivity contribution in [2.24, 2.45) is 0 Å². The predicted octanol–water partition coefficient (Wildman–Crippen LogP) is 4.88. The molecular formula is C25H15N5O3S. The number of anilines is 1. The van der Waals surface area contributed by atoms with Gasteiger partial charge in [-0.2, -0.15) is 9.61 Å². The van der Waals surface area contributed by atoms with Crippen LogP contribution in [0.25, 0.3) is 38.6 Å². The van der Waals surface area contributed by atoms with E-state index in [0.717, 1.165) is 16.1 Å². The molecule has 1 N–H and O–H groups in total. The summed E-state index contributed by atoms with van der Waals surface area (Å²) in [6, 6.07) is 23.5. The molecule has 0 unspecified atom stereocenters. The smallest absolute Gasteiger partial charge is 0.349 e. The summed E-state index contributed by atoms with van der Waals surface area (Å²) in [6.45, 7) is 0. The van der Waals surface area contributed by atoms with Gasteiger partial charge in [0.15, 0.2) is 11.5 Å². The summed E-state index contributed by atoms with van der Waals surface area (Å²) in [5.41, 5.74) is 2.50. The van der Waals surface area contributed by atoms with Gasteiger partial charge in [0.05, 0.1) is 10.6 Å². The quantitative estimate of drug-likeness (QED) is 0.372. The molecule has 0 saturated carbocycles. The maximum absolute atomic E-state index is 12.7. The van der Waals surface area contributed by atoms with Gasteiger partial charge < -0.3 is 9.73 Å². The van der Waals surface area contributed by atoms with E-state index in [1.807, 2.05) is 47.8 Å². The molecule has 8 nitrogen and oxygen atoms in total. The van der Waals surface area contributed by atoms with Crippen molar-refractivity contribution in [2.75, 3.05) is 5.32 Å². The van der Waals surface area contributed by atoms with E-state index < -0.39 is 11.5 Å². The lowest BCUT2D eigenvalue weighted by Gasteiger charge is -2.07. The minimum Gasteiger partial charge on any atom is -0.422 e. The van der Waals surface area contributed by atoms with E-state index in [1.165, 1.54) is 6.07 Å². The van der Waals surface area contributed by atoms with E-state index in [9.17, 15) is 9.59 Å². The molecular weight excluding hydrogens is 450 g/mol. The Morgan fingerprint density at radius 3 is 2.62 bits per heavy atom. The fourth-order valence-electron chi connectivity index (χ4n) is 3.65. The lowest BCUT2D eigenvalue weighted by Crippen LogP contribution is -2.20. The van der Waals surface area contributed by atoms with Crippen LogP contribution in [0.2, 0.25) is 0 Å². The van der Waals surface area contributed by atoms with Crippen LogP contribution in [0.1, 0.15) is 10.4 Å². The van der Waals surface area contributed by atoms with Crippen LogP contribution in [0.15, 0.2) is 93.5 Å². The zero-order valence-electron chi connectivity index (χ0n) is 17.5. The number of rotatable bonds is 4. The third kappa shape index (κ3) is 3.54. The highest BCUT2D eigenvalue weighted by atomic mass is 32.1. The molecule has 6 aromatic rings. The first-order chi connectivity index (χ1) is 16.7. The van der Waals surface area contributed by atoms with Crippen molar-refractivity contribution in [3.8, 4) is 22.0 Å². The van der Waals surface area contributed by atoms with Crippen LogP contribution in [-0.2, 0) is 0 Å². The van der Waals surface area contributed by atoms with Gasteiger partial charge >= 0.3 is 5.63 Å². The molecule has 34 heavy (non-hydrogen) atoms. The molecule has 0 aliphatic rings. The number of carbonyl (C=O) groups excluding carboxylic acids is 1. The standard InChI is InChI=1S/C25H15N5O3S/c31-24(18-14-16-4-1-2-5-20(16)33-25(18)32)26-17-9-7-15(8-10-17)19-11-12-22-27-28-23(30(22)29-19)21-6-3-13-34-21/h1-14H,(H,26,31). The number of amides is 1. The van der Waals surface area contributed by atoms with Gasteiger partial charge in [-0.1, -0.05) is 36.4 Å². The van der Waals surface area contributed by atoms with Gasteiger partial charge in [-0.25, -0.2) is 4.79 Å². The number of carbonyl (C=O) groups is 1. The monoisotopic (exact) mass is 465 g/mol. The third-order valence-corrected chi connectivity index (χ3v) is 6.19. The van der Waals surface area contributed by atoms with Gasteiger partial charge in [-0.3, -0.25) is 4.79 Å². The predicted molar refractivity (Wildman–Crippen MR) is 130 cm³/mol. The molecule has 0 saturated heterocycles. The van der Waals surface area contributed by atoms with Gasteiger partial charge in [0.1, 0.15) is 11.1 Å². The molecule has 4 aromatic heterocycles. The summed E-state index contributed by atoms with van der Waals surface area (Å²) in [5, 5.41) is 18.6. The maximum Gasteiger partial charge on any atom is 0.349 e. The second-order valence-corrected chi connectivity index (χ2v) is 8.45. The molecule has 0 radical (unpaired) electrons. The average Bonchev–Trinajstić information content (AvgIpc) is 3.53. The Balaban J connectivity index is 1.27. The van der Waals surface area contributed by atoms with Gasteiger partial charge in [-0.05, 0) is 47.8 Å². The van der Waals surface area contributed by atoms with E-state index in [1.54, 1.807) is 46.2 Å². The summed E-state index contributed by atoms with van der Waals surface area (Å²) in [4.78, 5) is 25.9. The zero-order valence-corrected chi connectivity index (χ0v) is 18.3. The minimum atomic E-state index is -0.680. The summed E-state index contributed by atoms with van der Waals surface area (Å²) < 4.78 is 6.98. The van der Waals surface area contributed by atoms with Gasteiger partial charge in [0, 0.05) is 16.6 Å². The van der Waals surface area contributed by atoms with Crippen molar-refractivity contribution in [1.82, 2.24) is 19.8 Å². The Morgan fingerprint density at radius 2 is 1.79 bits per heavy atom. The fourth-order valence-corrected chi connectivity index (χ4v) is 4.34. The van der Waals surface area contributed by atoms with Crippen LogP contribution < -0.4 is 10.9 Å². The van der Waals surface area contributed by atoms with E-state index >= 15 is 0 Å². The number of aromatic nitrogens is 4. The summed E-state index contributed by atoms with van der Waals surface area (Å²) in [7, 11) is 0. The second kappa shape index (κ2) is 8.05. The molecule has 0 aliphatic carbocycles. The molecule has 2 aromatic carbocycles. The molecule has 0 spiro atoms. The van der Waals surface area contributed by atoms with Gasteiger partial charge in [-0.15, -0.1) is 21.5 Å². The number of benzene rings is 2. The second-order valence-electron chi connectivity index (χ2n) is 7.51. The van der Waals surface area contributed by atoms with Crippen LogP contribution in [0, 0.1) is 0 Å². The average molecular weight is 465 g/mol. The van der Waals surface area contributed by atoms with E-state index in [-0.39, 0.29) is 5.56 Å². The normalized spacial score (nSPS) is 11.2. The Bertz CT molecular complexity index is 1720. The first kappa shape index (κ1) is 20.0. The van der Waals surface area contributed by atoms with Crippen LogP contribution in [-0.4, -0.2) is 25.7 Å². The van der Waals surface area contributed by atoms with E-state index in [0.29, 0.717) is 28.1 Å². The molecule has 0 bridgehead atoms. The highest BCUT2D eigenvalue weighted by molar-refractivity contribution is 7.13. The van der Waals surface area contributed by atoms with Crippen LogP contribution in [0.3, 0.4) is 0 Å². The zero-order chi connectivity index (χ0) is 23.1. The number of para-hydroxylation sites is 1. The van der Waals surface area contributed by atoms with Crippen molar-refractivity contribution in [1.29, 1.82) is 0 Å². The number of fused-ring (bicyclic) bond motifs is 2. The molecule has 0 fully saturated rings. The molecule has 0 aliphatic heterocycles. The van der Waals surface area contributed by atoms with Crippen molar-refractivity contribution >= 4 is 39.5 Å². The highest BCUT2D eigenvalue weighted by Crippen LogP contribution is 2.25. The first-order valence-corrected chi connectivity index (χ1v) is 11.2. The molecule has 0 atom stereocenters. The van der Waals surface area contributed by atoms with Gasteiger partial charge in [0.25, 0.3) is 5.91 Å². The maximum atomic E-state index is 12.7. The number of nitrogens with zero attached hydrogens (tertiary/aromatic N) is 4. The third-order valence-electron chi connectivity index (χ3n) is 5.33. The Hall–Kier alpha value is -4.63. The van der Waals surface area contributed by atoms with Crippen LogP contribution >= 0.6 is 11.3 Å². The lowest BCUT2D eigenvalue weighted by atomic mass is 10.1. The highest BCUT2D eigenvalue weighted by Gasteiger charge is 2.15. The topological polar surface area (TPSA) is 102 Å².